The second-order valence-electron chi connectivity index (χ2n) is 2.92. The number of anilines is 1. The molecule has 1 unspecified atom stereocenters. The van der Waals surface area contributed by atoms with Crippen LogP contribution in [0.3, 0.4) is 0 Å². The van der Waals surface area contributed by atoms with Crippen LogP contribution in [0.2, 0.25) is 0 Å². The van der Waals surface area contributed by atoms with Crippen molar-refractivity contribution in [1.29, 1.82) is 0 Å². The molecule has 0 fully saturated rings. The van der Waals surface area contributed by atoms with Gasteiger partial charge in [0.05, 0.1) is 10.8 Å². The molecular weight excluding hydrogens is 198 g/mol. The Balaban J connectivity index is 2.33. The third-order valence-corrected chi connectivity index (χ3v) is 2.24. The topological polar surface area (TPSA) is 64.1 Å². The molecule has 0 aliphatic heterocycles. The van der Waals surface area contributed by atoms with Crippen molar-refractivity contribution >= 4 is 29.4 Å². The third kappa shape index (κ3) is 1.69. The number of nitrogens with one attached hydrogen (secondary N) is 1. The van der Waals surface area contributed by atoms with Crippen molar-refractivity contribution in [2.75, 3.05) is 11.9 Å². The van der Waals surface area contributed by atoms with Gasteiger partial charge in [-0.2, -0.15) is 12.6 Å². The Morgan fingerprint density at radius 2 is 2.29 bits per heavy atom. The van der Waals surface area contributed by atoms with E-state index in [1.54, 1.807) is 0 Å². The monoisotopic (exact) mass is 209 g/mol. The van der Waals surface area contributed by atoms with Gasteiger partial charge in [-0.05, 0) is 12.1 Å². The predicted octanol–water partition coefficient (Wildman–Crippen LogP) is 1.45. The molecule has 5 heteroatoms. The zero-order chi connectivity index (χ0) is 9.97. The minimum atomic E-state index is -0.108. The van der Waals surface area contributed by atoms with Gasteiger partial charge in [0.15, 0.2) is 11.4 Å². The van der Waals surface area contributed by atoms with E-state index in [2.05, 4.69) is 23.1 Å². The van der Waals surface area contributed by atoms with E-state index in [1.807, 2.05) is 24.3 Å². The van der Waals surface area contributed by atoms with Crippen molar-refractivity contribution in [2.24, 2.45) is 5.73 Å². The summed E-state index contributed by atoms with van der Waals surface area (Å²) >= 11 is 4.22. The van der Waals surface area contributed by atoms with Crippen molar-refractivity contribution in [3.8, 4) is 0 Å². The Kier molecular flexibility index (Phi) is 2.60. The molecule has 4 nitrogen and oxygen atoms in total. The van der Waals surface area contributed by atoms with E-state index in [4.69, 9.17) is 10.3 Å². The molecule has 0 saturated carbocycles. The van der Waals surface area contributed by atoms with Gasteiger partial charge in [0.1, 0.15) is 0 Å². The van der Waals surface area contributed by atoms with Crippen LogP contribution in [0, 0.1) is 0 Å². The van der Waals surface area contributed by atoms with Crippen LogP contribution in [-0.4, -0.2) is 17.1 Å². The Labute approximate surface area is 86.9 Å². The van der Waals surface area contributed by atoms with Gasteiger partial charge in [-0.3, -0.25) is 0 Å². The highest BCUT2D eigenvalue weighted by atomic mass is 32.1. The van der Waals surface area contributed by atoms with E-state index in [1.165, 1.54) is 0 Å². The molecule has 0 radical (unpaired) electrons. The lowest BCUT2D eigenvalue weighted by Gasteiger charge is -2.08. The Bertz CT molecular complexity index is 429. The lowest BCUT2D eigenvalue weighted by molar-refractivity contribution is 0.459. The highest BCUT2D eigenvalue weighted by molar-refractivity contribution is 7.81. The molecule has 1 atom stereocenters. The molecule has 1 heterocycles. The van der Waals surface area contributed by atoms with Gasteiger partial charge < -0.3 is 15.6 Å². The highest BCUT2D eigenvalue weighted by Crippen LogP contribution is 2.22. The second-order valence-corrected chi connectivity index (χ2v) is 3.55. The first kappa shape index (κ1) is 9.36. The van der Waals surface area contributed by atoms with Gasteiger partial charge in [0.2, 0.25) is 0 Å². The third-order valence-electron chi connectivity index (χ3n) is 1.90. The van der Waals surface area contributed by atoms with Gasteiger partial charge in [0.25, 0.3) is 0 Å². The fourth-order valence-corrected chi connectivity index (χ4v) is 1.33. The predicted molar refractivity (Wildman–Crippen MR) is 59.5 cm³/mol. The molecule has 0 spiro atoms. The van der Waals surface area contributed by atoms with Crippen LogP contribution in [0.4, 0.5) is 5.82 Å². The number of fused-ring (bicyclic) bond motifs is 1. The van der Waals surface area contributed by atoms with Gasteiger partial charge in [-0.25, -0.2) is 0 Å². The first-order valence-electron chi connectivity index (χ1n) is 4.30. The maximum Gasteiger partial charge on any atom is 0.178 e. The normalized spacial score (nSPS) is 13.0. The lowest BCUT2D eigenvalue weighted by Crippen LogP contribution is -2.23. The quantitative estimate of drug-likeness (QED) is 0.529. The number of aromatic nitrogens is 1. The summed E-state index contributed by atoms with van der Waals surface area (Å²) in [5.41, 5.74) is 6.19. The molecule has 0 aliphatic rings. The molecule has 2 rings (SSSR count). The molecule has 14 heavy (non-hydrogen) atoms. The summed E-state index contributed by atoms with van der Waals surface area (Å²) in [5.74, 6) is 0.686. The summed E-state index contributed by atoms with van der Waals surface area (Å²) in [6.07, 6.45) is 0. The number of nitrogens with two attached hydrogens (primary N) is 1. The van der Waals surface area contributed by atoms with E-state index in [-0.39, 0.29) is 5.37 Å². The minimum absolute atomic E-state index is 0.108. The molecule has 1 aromatic heterocycles. The van der Waals surface area contributed by atoms with Crippen molar-refractivity contribution in [1.82, 2.24) is 5.16 Å². The van der Waals surface area contributed by atoms with Crippen molar-refractivity contribution < 1.29 is 4.52 Å². The first-order chi connectivity index (χ1) is 6.81. The zero-order valence-electron chi connectivity index (χ0n) is 7.47. The van der Waals surface area contributed by atoms with Crippen LogP contribution in [0.5, 0.6) is 0 Å². The smallest absolute Gasteiger partial charge is 0.178 e. The largest absolute Gasteiger partial charge is 0.354 e. The number of nitrogens with zero attached hydrogens (tertiary/aromatic N) is 1. The molecule has 74 valence electrons. The fourth-order valence-electron chi connectivity index (χ4n) is 1.21. The van der Waals surface area contributed by atoms with E-state index in [9.17, 15) is 0 Å². The van der Waals surface area contributed by atoms with Crippen molar-refractivity contribution in [3.63, 3.8) is 0 Å². The molecule has 1 aromatic carbocycles. The summed E-state index contributed by atoms with van der Waals surface area (Å²) in [6.45, 7) is 0.435. The van der Waals surface area contributed by atoms with E-state index in [0.29, 0.717) is 12.4 Å². The number of hydrogen-bond acceptors (Lipinski definition) is 5. The molecular formula is C9H11N3OS. The Morgan fingerprint density at radius 1 is 1.50 bits per heavy atom. The fraction of sp³-hybridized carbons (Fsp3) is 0.222. The van der Waals surface area contributed by atoms with Crippen LogP contribution < -0.4 is 11.1 Å². The SMILES string of the molecule is NCC(S)Nc1noc2ccccc12. The number of rotatable bonds is 3. The average Bonchev–Trinajstić information content (AvgIpc) is 2.62. The van der Waals surface area contributed by atoms with Gasteiger partial charge in [0, 0.05) is 6.54 Å². The van der Waals surface area contributed by atoms with Gasteiger partial charge in [-0.1, -0.05) is 17.3 Å². The number of thiol groups is 1. The maximum absolute atomic E-state index is 5.44. The van der Waals surface area contributed by atoms with Crippen LogP contribution in [0.1, 0.15) is 0 Å². The summed E-state index contributed by atoms with van der Waals surface area (Å²) < 4.78 is 5.11. The number of hydrogen-bond donors (Lipinski definition) is 3. The molecule has 3 N–H and O–H groups in total. The maximum atomic E-state index is 5.44. The molecule has 0 bridgehead atoms. The summed E-state index contributed by atoms with van der Waals surface area (Å²) in [4.78, 5) is 0. The van der Waals surface area contributed by atoms with Crippen LogP contribution >= 0.6 is 12.6 Å². The molecule has 0 saturated heterocycles. The number of benzene rings is 1. The molecule has 0 aliphatic carbocycles. The van der Waals surface area contributed by atoms with E-state index >= 15 is 0 Å². The first-order valence-corrected chi connectivity index (χ1v) is 4.82. The van der Waals surface area contributed by atoms with E-state index in [0.717, 1.165) is 11.0 Å². The van der Waals surface area contributed by atoms with Crippen molar-refractivity contribution in [2.45, 2.75) is 5.37 Å². The van der Waals surface area contributed by atoms with Gasteiger partial charge >= 0.3 is 0 Å². The van der Waals surface area contributed by atoms with Crippen molar-refractivity contribution in [3.05, 3.63) is 24.3 Å². The number of para-hydroxylation sites is 1. The molecule has 0 amide bonds. The summed E-state index contributed by atoms with van der Waals surface area (Å²) in [7, 11) is 0. The summed E-state index contributed by atoms with van der Waals surface area (Å²) in [6, 6.07) is 7.63. The summed E-state index contributed by atoms with van der Waals surface area (Å²) in [5, 5.41) is 7.78. The van der Waals surface area contributed by atoms with Gasteiger partial charge in [-0.15, -0.1) is 0 Å². The lowest BCUT2D eigenvalue weighted by atomic mass is 10.2. The standard InChI is InChI=1S/C9H11N3OS/c10-5-8(14)11-9-6-3-1-2-4-7(6)13-12-9/h1-4,8,14H,5,10H2,(H,11,12). The second kappa shape index (κ2) is 3.89. The highest BCUT2D eigenvalue weighted by Gasteiger charge is 2.08. The Morgan fingerprint density at radius 3 is 3.07 bits per heavy atom. The van der Waals surface area contributed by atoms with Crippen LogP contribution in [0.25, 0.3) is 11.0 Å². The van der Waals surface area contributed by atoms with Crippen LogP contribution in [0.15, 0.2) is 28.8 Å². The average molecular weight is 209 g/mol. The van der Waals surface area contributed by atoms with Crippen LogP contribution in [-0.2, 0) is 0 Å². The van der Waals surface area contributed by atoms with E-state index < -0.39 is 0 Å². The zero-order valence-corrected chi connectivity index (χ0v) is 8.37. The minimum Gasteiger partial charge on any atom is -0.354 e. The Hall–Kier alpha value is -1.20. The molecule has 2 aromatic rings.